The number of ether oxygens (including phenoxy) is 1. The summed E-state index contributed by atoms with van der Waals surface area (Å²) in [5.41, 5.74) is 0. The Kier molecular flexibility index (Phi) is 2.52. The molecule has 1 aliphatic rings. The van der Waals surface area contributed by atoms with E-state index in [1.54, 1.807) is 0 Å². The Hall–Kier alpha value is -0.0400. The molecular weight excluding hydrogens is 112 g/mol. The summed E-state index contributed by atoms with van der Waals surface area (Å²) in [4.78, 5) is 0. The molecule has 0 saturated carbocycles. The molecule has 0 spiro atoms. The van der Waals surface area contributed by atoms with Crippen LogP contribution in [-0.2, 0) is 4.74 Å². The maximum atomic E-state index is 5.26. The smallest absolute Gasteiger partial charge is 0.0839 e. The molecular formula is C8H16O. The van der Waals surface area contributed by atoms with Crippen LogP contribution in [0.25, 0.3) is 0 Å². The monoisotopic (exact) mass is 128 g/mol. The summed E-state index contributed by atoms with van der Waals surface area (Å²) in [7, 11) is 0. The second-order valence-electron chi connectivity index (χ2n) is 2.88. The number of hydrogen-bond acceptors (Lipinski definition) is 1. The van der Waals surface area contributed by atoms with Gasteiger partial charge in [-0.2, -0.15) is 0 Å². The third kappa shape index (κ3) is 2.35. The largest absolute Gasteiger partial charge is 0.370 e. The lowest BCUT2D eigenvalue weighted by Gasteiger charge is -1.91. The van der Waals surface area contributed by atoms with Crippen LogP contribution in [0.5, 0.6) is 0 Å². The molecule has 2 atom stereocenters. The van der Waals surface area contributed by atoms with Gasteiger partial charge in [0.1, 0.15) is 0 Å². The van der Waals surface area contributed by atoms with Crippen LogP contribution in [0.1, 0.15) is 39.5 Å². The molecule has 1 nitrogen and oxygen atoms in total. The van der Waals surface area contributed by atoms with Crippen LogP contribution in [0.15, 0.2) is 0 Å². The van der Waals surface area contributed by atoms with Crippen LogP contribution >= 0.6 is 0 Å². The average Bonchev–Trinajstić information content (AvgIpc) is 2.48. The lowest BCUT2D eigenvalue weighted by molar-refractivity contribution is 0.365. The highest BCUT2D eigenvalue weighted by molar-refractivity contribution is 4.79. The van der Waals surface area contributed by atoms with E-state index in [0.29, 0.717) is 12.2 Å². The molecule has 1 fully saturated rings. The van der Waals surface area contributed by atoms with E-state index in [2.05, 4.69) is 13.8 Å². The zero-order chi connectivity index (χ0) is 6.69. The van der Waals surface area contributed by atoms with Gasteiger partial charge >= 0.3 is 0 Å². The third-order valence-electron chi connectivity index (χ3n) is 1.93. The zero-order valence-corrected chi connectivity index (χ0v) is 6.39. The Bertz CT molecular complexity index is 80.6. The van der Waals surface area contributed by atoms with Crippen LogP contribution in [0, 0.1) is 0 Å². The van der Waals surface area contributed by atoms with Gasteiger partial charge in [-0.25, -0.2) is 0 Å². The van der Waals surface area contributed by atoms with Gasteiger partial charge in [-0.1, -0.05) is 26.2 Å². The van der Waals surface area contributed by atoms with Gasteiger partial charge in [0.15, 0.2) is 0 Å². The van der Waals surface area contributed by atoms with Crippen molar-refractivity contribution in [2.45, 2.75) is 51.7 Å². The fourth-order valence-electron chi connectivity index (χ4n) is 1.13. The third-order valence-corrected chi connectivity index (χ3v) is 1.93. The van der Waals surface area contributed by atoms with E-state index in [-0.39, 0.29) is 0 Å². The fraction of sp³-hybridized carbons (Fsp3) is 1.00. The normalized spacial score (nSPS) is 32.7. The molecule has 1 saturated heterocycles. The minimum Gasteiger partial charge on any atom is -0.370 e. The van der Waals surface area contributed by atoms with Gasteiger partial charge < -0.3 is 4.74 Å². The van der Waals surface area contributed by atoms with Gasteiger partial charge in [-0.3, -0.25) is 0 Å². The molecule has 1 rings (SSSR count). The first-order valence-electron chi connectivity index (χ1n) is 4.00. The molecule has 9 heavy (non-hydrogen) atoms. The van der Waals surface area contributed by atoms with Gasteiger partial charge in [0.05, 0.1) is 12.2 Å². The van der Waals surface area contributed by atoms with Crippen LogP contribution in [0.3, 0.4) is 0 Å². The summed E-state index contributed by atoms with van der Waals surface area (Å²) in [6.07, 6.45) is 6.52. The predicted molar refractivity (Wildman–Crippen MR) is 38.5 cm³/mol. The average molecular weight is 128 g/mol. The molecule has 1 heterocycles. The van der Waals surface area contributed by atoms with Crippen LogP contribution in [0.4, 0.5) is 0 Å². The molecule has 1 heteroatoms. The van der Waals surface area contributed by atoms with Gasteiger partial charge in [0, 0.05) is 0 Å². The van der Waals surface area contributed by atoms with E-state index in [1.807, 2.05) is 0 Å². The molecule has 0 amide bonds. The summed E-state index contributed by atoms with van der Waals surface area (Å²) in [6.45, 7) is 4.38. The molecule has 0 N–H and O–H groups in total. The molecule has 1 aliphatic heterocycles. The molecule has 54 valence electrons. The topological polar surface area (TPSA) is 12.5 Å². The number of rotatable bonds is 4. The van der Waals surface area contributed by atoms with Crippen LogP contribution in [-0.4, -0.2) is 12.2 Å². The van der Waals surface area contributed by atoms with E-state index in [1.165, 1.54) is 25.7 Å². The predicted octanol–water partition coefficient (Wildman–Crippen LogP) is 2.35. The van der Waals surface area contributed by atoms with Crippen molar-refractivity contribution in [3.8, 4) is 0 Å². The van der Waals surface area contributed by atoms with Crippen molar-refractivity contribution in [3.63, 3.8) is 0 Å². The fourth-order valence-corrected chi connectivity index (χ4v) is 1.13. The molecule has 0 aromatic carbocycles. The van der Waals surface area contributed by atoms with Crippen LogP contribution < -0.4 is 0 Å². The van der Waals surface area contributed by atoms with Gasteiger partial charge in [0.25, 0.3) is 0 Å². The van der Waals surface area contributed by atoms with E-state index in [0.717, 1.165) is 0 Å². The summed E-state index contributed by atoms with van der Waals surface area (Å²) in [5, 5.41) is 0. The van der Waals surface area contributed by atoms with E-state index in [4.69, 9.17) is 4.74 Å². The minimum absolute atomic E-state index is 0.571. The van der Waals surface area contributed by atoms with Crippen molar-refractivity contribution in [1.29, 1.82) is 0 Å². The Morgan fingerprint density at radius 1 is 1.33 bits per heavy atom. The maximum absolute atomic E-state index is 5.26. The summed E-state index contributed by atoms with van der Waals surface area (Å²) < 4.78 is 5.26. The molecule has 0 aromatic rings. The second-order valence-corrected chi connectivity index (χ2v) is 2.88. The first kappa shape index (κ1) is 7.07. The Morgan fingerprint density at radius 2 is 2.00 bits per heavy atom. The first-order valence-corrected chi connectivity index (χ1v) is 4.00. The van der Waals surface area contributed by atoms with Gasteiger partial charge in [-0.15, -0.1) is 0 Å². The molecule has 0 aromatic heterocycles. The Labute approximate surface area is 57.4 Å². The van der Waals surface area contributed by atoms with E-state index in [9.17, 15) is 0 Å². The van der Waals surface area contributed by atoms with Crippen molar-refractivity contribution in [3.05, 3.63) is 0 Å². The summed E-state index contributed by atoms with van der Waals surface area (Å²) in [6, 6.07) is 0. The van der Waals surface area contributed by atoms with Gasteiger partial charge in [-0.05, 0) is 13.3 Å². The summed E-state index contributed by atoms with van der Waals surface area (Å²) in [5.74, 6) is 0. The van der Waals surface area contributed by atoms with Crippen molar-refractivity contribution in [2.24, 2.45) is 0 Å². The highest BCUT2D eigenvalue weighted by atomic mass is 16.6. The Balaban J connectivity index is 1.83. The highest BCUT2D eigenvalue weighted by Crippen LogP contribution is 2.26. The molecule has 0 bridgehead atoms. The second kappa shape index (κ2) is 3.21. The Morgan fingerprint density at radius 3 is 2.44 bits per heavy atom. The standard InChI is InChI=1S/C8H16O/c1-3-4-5-6-8-7(2)9-8/h7-8H,3-6H2,1-2H3/t7-,8+/m1/s1. The quantitative estimate of drug-likeness (QED) is 0.418. The number of unbranched alkanes of at least 4 members (excludes halogenated alkanes) is 2. The molecule has 0 radical (unpaired) electrons. The van der Waals surface area contributed by atoms with Crippen molar-refractivity contribution < 1.29 is 4.74 Å². The lowest BCUT2D eigenvalue weighted by atomic mass is 10.1. The first-order chi connectivity index (χ1) is 4.34. The minimum atomic E-state index is 0.571. The summed E-state index contributed by atoms with van der Waals surface area (Å²) >= 11 is 0. The molecule has 0 aliphatic carbocycles. The highest BCUT2D eigenvalue weighted by Gasteiger charge is 2.32. The SMILES string of the molecule is CCCCC[C@@H]1O[C@@H]1C. The van der Waals surface area contributed by atoms with E-state index >= 15 is 0 Å². The van der Waals surface area contributed by atoms with Gasteiger partial charge in [0.2, 0.25) is 0 Å². The molecule has 0 unspecified atom stereocenters. The number of epoxide rings is 1. The maximum Gasteiger partial charge on any atom is 0.0839 e. The van der Waals surface area contributed by atoms with Crippen LogP contribution in [0.2, 0.25) is 0 Å². The van der Waals surface area contributed by atoms with Crippen molar-refractivity contribution in [1.82, 2.24) is 0 Å². The zero-order valence-electron chi connectivity index (χ0n) is 6.39. The van der Waals surface area contributed by atoms with E-state index < -0.39 is 0 Å². The number of hydrogen-bond donors (Lipinski definition) is 0. The van der Waals surface area contributed by atoms with Crippen molar-refractivity contribution in [2.75, 3.05) is 0 Å². The lowest BCUT2D eigenvalue weighted by Crippen LogP contribution is -1.88. The van der Waals surface area contributed by atoms with Crippen molar-refractivity contribution >= 4 is 0 Å².